The lowest BCUT2D eigenvalue weighted by Gasteiger charge is -2.18. The molecule has 0 aliphatic carbocycles. The summed E-state index contributed by atoms with van der Waals surface area (Å²) in [6.45, 7) is 8.54. The highest BCUT2D eigenvalue weighted by Gasteiger charge is 2.15. The second kappa shape index (κ2) is 10.3. The molecule has 0 radical (unpaired) electrons. The Balaban J connectivity index is 1.95. The van der Waals surface area contributed by atoms with Crippen LogP contribution in [0.5, 0.6) is 11.5 Å². The third kappa shape index (κ3) is 5.74. The summed E-state index contributed by atoms with van der Waals surface area (Å²) in [6.07, 6.45) is 0. The van der Waals surface area contributed by atoms with Crippen molar-refractivity contribution in [1.82, 2.24) is 10.6 Å². The van der Waals surface area contributed by atoms with E-state index in [1.807, 2.05) is 58.0 Å². The van der Waals surface area contributed by atoms with E-state index in [0.29, 0.717) is 30.3 Å². The maximum atomic E-state index is 12.2. The molecular formula is C22H28N2O4. The van der Waals surface area contributed by atoms with Crippen LogP contribution in [0, 0.1) is 6.92 Å². The first-order valence-corrected chi connectivity index (χ1v) is 9.49. The Bertz CT molecular complexity index is 820. The van der Waals surface area contributed by atoms with Gasteiger partial charge in [0, 0.05) is 5.56 Å². The Morgan fingerprint density at radius 2 is 1.68 bits per heavy atom. The van der Waals surface area contributed by atoms with Crippen molar-refractivity contribution in [1.29, 1.82) is 0 Å². The molecule has 0 bridgehead atoms. The van der Waals surface area contributed by atoms with Crippen LogP contribution < -0.4 is 20.1 Å². The van der Waals surface area contributed by atoms with E-state index in [-0.39, 0.29) is 24.4 Å². The van der Waals surface area contributed by atoms with Gasteiger partial charge in [0.05, 0.1) is 25.8 Å². The van der Waals surface area contributed by atoms with E-state index in [4.69, 9.17) is 9.47 Å². The van der Waals surface area contributed by atoms with Gasteiger partial charge >= 0.3 is 0 Å². The normalized spacial score (nSPS) is 11.4. The maximum Gasteiger partial charge on any atom is 0.251 e. The molecule has 1 unspecified atom stereocenters. The molecule has 0 aromatic heterocycles. The molecule has 2 rings (SSSR count). The smallest absolute Gasteiger partial charge is 0.251 e. The summed E-state index contributed by atoms with van der Waals surface area (Å²) in [7, 11) is 0. The zero-order chi connectivity index (χ0) is 20.5. The molecule has 150 valence electrons. The Kier molecular flexibility index (Phi) is 7.87. The summed E-state index contributed by atoms with van der Waals surface area (Å²) >= 11 is 0. The van der Waals surface area contributed by atoms with Crippen LogP contribution in [-0.2, 0) is 4.79 Å². The molecule has 0 aliphatic heterocycles. The molecule has 0 saturated carbocycles. The van der Waals surface area contributed by atoms with Crippen LogP contribution in [0.15, 0.2) is 42.5 Å². The van der Waals surface area contributed by atoms with Crippen molar-refractivity contribution < 1.29 is 19.1 Å². The van der Waals surface area contributed by atoms with Crippen molar-refractivity contribution in [2.45, 2.75) is 33.7 Å². The zero-order valence-electron chi connectivity index (χ0n) is 16.9. The van der Waals surface area contributed by atoms with Crippen LogP contribution in [-0.4, -0.2) is 31.6 Å². The largest absolute Gasteiger partial charge is 0.490 e. The number of benzene rings is 2. The molecule has 6 nitrogen and oxygen atoms in total. The van der Waals surface area contributed by atoms with E-state index >= 15 is 0 Å². The number of aryl methyl sites for hydroxylation is 1. The number of hydrogen-bond donors (Lipinski definition) is 2. The molecule has 0 fully saturated rings. The molecule has 2 N–H and O–H groups in total. The number of ether oxygens (including phenoxy) is 2. The van der Waals surface area contributed by atoms with Gasteiger partial charge in [-0.3, -0.25) is 9.59 Å². The van der Waals surface area contributed by atoms with Crippen LogP contribution in [0.25, 0.3) is 0 Å². The van der Waals surface area contributed by atoms with Crippen molar-refractivity contribution in [3.05, 3.63) is 59.2 Å². The van der Waals surface area contributed by atoms with Gasteiger partial charge in [-0.05, 0) is 57.0 Å². The van der Waals surface area contributed by atoms with Crippen molar-refractivity contribution in [3.8, 4) is 11.5 Å². The van der Waals surface area contributed by atoms with Gasteiger partial charge in [0.15, 0.2) is 11.5 Å². The average molecular weight is 384 g/mol. The van der Waals surface area contributed by atoms with Gasteiger partial charge in [0.25, 0.3) is 5.91 Å². The van der Waals surface area contributed by atoms with Crippen molar-refractivity contribution >= 4 is 11.8 Å². The fraction of sp³-hybridized carbons (Fsp3) is 0.364. The van der Waals surface area contributed by atoms with Crippen molar-refractivity contribution in [2.75, 3.05) is 19.8 Å². The number of nitrogens with one attached hydrogen (secondary N) is 2. The van der Waals surface area contributed by atoms with Crippen LogP contribution in [0.3, 0.4) is 0 Å². The monoisotopic (exact) mass is 384 g/mol. The Labute approximate surface area is 166 Å². The van der Waals surface area contributed by atoms with Gasteiger partial charge in [-0.2, -0.15) is 0 Å². The second-order valence-corrected chi connectivity index (χ2v) is 6.36. The number of amides is 2. The van der Waals surface area contributed by atoms with Gasteiger partial charge in [0.1, 0.15) is 0 Å². The molecule has 2 aromatic rings. The third-order valence-electron chi connectivity index (χ3n) is 4.24. The highest BCUT2D eigenvalue weighted by molar-refractivity contribution is 5.97. The van der Waals surface area contributed by atoms with Crippen LogP contribution >= 0.6 is 0 Å². The van der Waals surface area contributed by atoms with Gasteiger partial charge in [-0.25, -0.2) is 0 Å². The lowest BCUT2D eigenvalue weighted by Crippen LogP contribution is -2.38. The Hall–Kier alpha value is -3.02. The standard InChI is InChI=1S/C22H28N2O4/c1-5-27-19-12-11-17(13-20(19)28-6-2)16(4)24-21(25)14-23-22(26)18-10-8-7-9-15(18)3/h7-13,16H,5-6,14H2,1-4H3,(H,23,26)(H,24,25). The number of carbonyl (C=O) groups is 2. The fourth-order valence-electron chi connectivity index (χ4n) is 2.80. The molecule has 6 heteroatoms. The molecular weight excluding hydrogens is 356 g/mol. The van der Waals surface area contributed by atoms with Gasteiger partial charge in [-0.1, -0.05) is 24.3 Å². The molecule has 1 atom stereocenters. The summed E-state index contributed by atoms with van der Waals surface area (Å²) in [5.41, 5.74) is 2.33. The first kappa shape index (κ1) is 21.3. The fourth-order valence-corrected chi connectivity index (χ4v) is 2.80. The van der Waals surface area contributed by atoms with E-state index in [1.165, 1.54) is 0 Å². The first-order valence-electron chi connectivity index (χ1n) is 9.49. The van der Waals surface area contributed by atoms with E-state index in [2.05, 4.69) is 10.6 Å². The molecule has 2 amide bonds. The van der Waals surface area contributed by atoms with Crippen molar-refractivity contribution in [3.63, 3.8) is 0 Å². The average Bonchev–Trinajstić information content (AvgIpc) is 2.68. The molecule has 2 aromatic carbocycles. The van der Waals surface area contributed by atoms with Crippen LogP contribution in [0.1, 0.15) is 48.3 Å². The lowest BCUT2D eigenvalue weighted by molar-refractivity contribution is -0.120. The van der Waals surface area contributed by atoms with Crippen LogP contribution in [0.4, 0.5) is 0 Å². The minimum absolute atomic E-state index is 0.0904. The number of carbonyl (C=O) groups excluding carboxylic acids is 2. The predicted molar refractivity (Wildman–Crippen MR) is 109 cm³/mol. The molecule has 0 spiro atoms. The summed E-state index contributed by atoms with van der Waals surface area (Å²) in [4.78, 5) is 24.5. The molecule has 0 heterocycles. The minimum atomic E-state index is -0.263. The lowest BCUT2D eigenvalue weighted by atomic mass is 10.1. The first-order chi connectivity index (χ1) is 13.5. The highest BCUT2D eigenvalue weighted by atomic mass is 16.5. The molecule has 0 aliphatic rings. The van der Waals surface area contributed by atoms with E-state index in [1.54, 1.807) is 12.1 Å². The number of rotatable bonds is 9. The van der Waals surface area contributed by atoms with Gasteiger partial charge in [-0.15, -0.1) is 0 Å². The predicted octanol–water partition coefficient (Wildman–Crippen LogP) is 3.40. The van der Waals surface area contributed by atoms with Gasteiger partial charge < -0.3 is 20.1 Å². The SMILES string of the molecule is CCOc1ccc(C(C)NC(=O)CNC(=O)c2ccccc2C)cc1OCC. The summed E-state index contributed by atoms with van der Waals surface area (Å²) in [5.74, 6) is 0.801. The minimum Gasteiger partial charge on any atom is -0.490 e. The molecule has 0 saturated heterocycles. The van der Waals surface area contributed by atoms with Gasteiger partial charge in [0.2, 0.25) is 5.91 Å². The topological polar surface area (TPSA) is 76.7 Å². The Morgan fingerprint density at radius 1 is 1.00 bits per heavy atom. The number of hydrogen-bond acceptors (Lipinski definition) is 4. The zero-order valence-corrected chi connectivity index (χ0v) is 16.9. The maximum absolute atomic E-state index is 12.2. The van der Waals surface area contributed by atoms with E-state index in [9.17, 15) is 9.59 Å². The van der Waals surface area contributed by atoms with Crippen LogP contribution in [0.2, 0.25) is 0 Å². The van der Waals surface area contributed by atoms with Crippen molar-refractivity contribution in [2.24, 2.45) is 0 Å². The summed E-state index contributed by atoms with van der Waals surface area (Å²) < 4.78 is 11.2. The summed E-state index contributed by atoms with van der Waals surface area (Å²) in [6, 6.07) is 12.6. The van der Waals surface area contributed by atoms with E-state index < -0.39 is 0 Å². The third-order valence-corrected chi connectivity index (χ3v) is 4.24. The Morgan fingerprint density at radius 3 is 2.36 bits per heavy atom. The molecule has 28 heavy (non-hydrogen) atoms. The van der Waals surface area contributed by atoms with E-state index in [0.717, 1.165) is 11.1 Å². The summed E-state index contributed by atoms with van der Waals surface area (Å²) in [5, 5.41) is 5.55. The highest BCUT2D eigenvalue weighted by Crippen LogP contribution is 2.30. The quantitative estimate of drug-likeness (QED) is 0.695. The second-order valence-electron chi connectivity index (χ2n) is 6.36.